The first-order chi connectivity index (χ1) is 29.5. The van der Waals surface area contributed by atoms with Gasteiger partial charge in [0.15, 0.2) is 0 Å². The molecule has 0 atom stereocenters. The van der Waals surface area contributed by atoms with Gasteiger partial charge in [-0.05, 0) is 85.5 Å². The summed E-state index contributed by atoms with van der Waals surface area (Å²) in [6, 6.07) is 62.5. The van der Waals surface area contributed by atoms with E-state index in [1.54, 1.807) is 0 Å². The first kappa shape index (κ1) is 28.1. The molecule has 0 unspecified atom stereocenters. The molecule has 0 saturated heterocycles. The van der Waals surface area contributed by atoms with E-state index in [0.717, 1.165) is 76.5 Å². The van der Waals surface area contributed by atoms with E-state index in [1.807, 2.05) is 120 Å². The zero-order valence-electron chi connectivity index (χ0n) is 34.3. The van der Waals surface area contributed by atoms with Gasteiger partial charge in [0.1, 0.15) is 11.2 Å². The summed E-state index contributed by atoms with van der Waals surface area (Å²) >= 11 is 0. The second kappa shape index (κ2) is 13.2. The monoisotopic (exact) mass is 717 g/mol. The van der Waals surface area contributed by atoms with E-state index in [0.29, 0.717) is 16.9 Å². The number of furan rings is 1. The van der Waals surface area contributed by atoms with Gasteiger partial charge in [-0.3, -0.25) is 0 Å². The van der Waals surface area contributed by atoms with Crippen LogP contribution in [0.25, 0.3) is 87.6 Å². The molecule has 10 aromatic carbocycles. The Kier molecular flexibility index (Phi) is 6.60. The molecule has 2 nitrogen and oxygen atoms in total. The van der Waals surface area contributed by atoms with E-state index in [-0.39, 0.29) is 35.4 Å². The Balaban J connectivity index is 1.16. The molecule has 0 aliphatic heterocycles. The quantitative estimate of drug-likeness (QED) is 0.170. The summed E-state index contributed by atoms with van der Waals surface area (Å²) in [5, 5.41) is 8.26. The van der Waals surface area contributed by atoms with E-state index in [9.17, 15) is 5.48 Å². The van der Waals surface area contributed by atoms with Gasteiger partial charge in [0.2, 0.25) is 0 Å². The summed E-state index contributed by atoms with van der Waals surface area (Å²) < 4.78 is 45.4. The summed E-state index contributed by atoms with van der Waals surface area (Å²) in [5.41, 5.74) is 7.79. The van der Waals surface area contributed by atoms with E-state index >= 15 is 0 Å². The van der Waals surface area contributed by atoms with Crippen molar-refractivity contribution in [1.82, 2.24) is 0 Å². The summed E-state index contributed by atoms with van der Waals surface area (Å²) in [6.45, 7) is 0. The van der Waals surface area contributed by atoms with Crippen LogP contribution in [0.5, 0.6) is 0 Å². The molecule has 1 heterocycles. The molecule has 0 bridgehead atoms. The number of hydrogen-bond donors (Lipinski definition) is 0. The lowest BCUT2D eigenvalue weighted by Gasteiger charge is -2.28. The van der Waals surface area contributed by atoms with Crippen molar-refractivity contribution in [2.45, 2.75) is 0 Å². The van der Waals surface area contributed by atoms with E-state index in [4.69, 9.17) is 4.42 Å². The zero-order valence-corrected chi connectivity index (χ0v) is 30.3. The normalized spacial score (nSPS) is 12.6. The molecule has 0 radical (unpaired) electrons. The predicted molar refractivity (Wildman–Crippen MR) is 237 cm³/mol. The van der Waals surface area contributed by atoms with Crippen LogP contribution >= 0.6 is 0 Å². The first-order valence-corrected chi connectivity index (χ1v) is 18.9. The number of para-hydroxylation sites is 2. The molecule has 0 saturated carbocycles. The van der Waals surface area contributed by atoms with Crippen LogP contribution in [-0.2, 0) is 0 Å². The molecule has 11 rings (SSSR count). The maximum absolute atomic E-state index is 9.73. The molecular formula is C54H35NO. The minimum absolute atomic E-state index is 0.108. The van der Waals surface area contributed by atoms with Crippen LogP contribution in [0, 0.1) is 0 Å². The number of fused-ring (bicyclic) bond motifs is 7. The molecular weight excluding hydrogens is 679 g/mol. The van der Waals surface area contributed by atoms with Crippen molar-refractivity contribution in [2.24, 2.45) is 0 Å². The van der Waals surface area contributed by atoms with Crippen molar-refractivity contribution < 1.29 is 9.90 Å². The average molecular weight is 718 g/mol. The van der Waals surface area contributed by atoms with Crippen LogP contribution in [0.15, 0.2) is 217 Å². The molecule has 56 heavy (non-hydrogen) atoms. The number of hydrogen-bond acceptors (Lipinski definition) is 2. The van der Waals surface area contributed by atoms with Crippen LogP contribution in [-0.4, -0.2) is 0 Å². The van der Waals surface area contributed by atoms with Gasteiger partial charge < -0.3 is 9.32 Å². The second-order valence-corrected chi connectivity index (χ2v) is 14.1. The van der Waals surface area contributed by atoms with Crippen LogP contribution in [0.3, 0.4) is 0 Å². The predicted octanol–water partition coefficient (Wildman–Crippen LogP) is 15.5. The molecule has 262 valence electrons. The van der Waals surface area contributed by atoms with Crippen LogP contribution in [0.4, 0.5) is 17.1 Å². The SMILES string of the molecule is [2H]c1c([2H])c(N(c2ccc(-c3cccc4ccccc34)cc2)c2ccccc2-c2cccc3c2oc2c4ccccc4ccc32)c([2H])c([2H])c1-c1cccc2ccccc12. The highest BCUT2D eigenvalue weighted by atomic mass is 16.3. The molecule has 0 aliphatic carbocycles. The number of nitrogens with zero attached hydrogens (tertiary/aromatic N) is 1. The molecule has 0 spiro atoms. The van der Waals surface area contributed by atoms with Crippen LogP contribution in [0.2, 0.25) is 0 Å². The van der Waals surface area contributed by atoms with Crippen LogP contribution < -0.4 is 4.90 Å². The molecule has 11 aromatic rings. The third kappa shape index (κ3) is 5.26. The van der Waals surface area contributed by atoms with Gasteiger partial charge >= 0.3 is 0 Å². The third-order valence-electron chi connectivity index (χ3n) is 10.9. The fourth-order valence-electron chi connectivity index (χ4n) is 8.29. The summed E-state index contributed by atoms with van der Waals surface area (Å²) in [5.74, 6) is 0. The lowest BCUT2D eigenvalue weighted by molar-refractivity contribution is 0.674. The molecule has 0 amide bonds. The van der Waals surface area contributed by atoms with E-state index < -0.39 is 0 Å². The highest BCUT2D eigenvalue weighted by Gasteiger charge is 2.21. The lowest BCUT2D eigenvalue weighted by Crippen LogP contribution is -2.11. The van der Waals surface area contributed by atoms with Crippen molar-refractivity contribution in [3.05, 3.63) is 212 Å². The zero-order chi connectivity index (χ0) is 40.5. The lowest BCUT2D eigenvalue weighted by atomic mass is 9.96. The number of benzene rings is 10. The number of rotatable bonds is 6. The Morgan fingerprint density at radius 2 is 0.821 bits per heavy atom. The minimum Gasteiger partial charge on any atom is -0.455 e. The Bertz CT molecular complexity index is 3460. The molecule has 1 aromatic heterocycles. The minimum atomic E-state index is -0.139. The highest BCUT2D eigenvalue weighted by molar-refractivity contribution is 6.17. The van der Waals surface area contributed by atoms with Gasteiger partial charge in [0, 0.05) is 38.7 Å². The summed E-state index contributed by atoms with van der Waals surface area (Å²) in [6.07, 6.45) is 0. The third-order valence-corrected chi connectivity index (χ3v) is 10.9. The van der Waals surface area contributed by atoms with Crippen molar-refractivity contribution in [1.29, 1.82) is 0 Å². The van der Waals surface area contributed by atoms with Gasteiger partial charge in [-0.2, -0.15) is 0 Å². The van der Waals surface area contributed by atoms with Gasteiger partial charge in [-0.1, -0.05) is 176 Å². The standard InChI is InChI=1S/C54H35NO/c1-4-17-43-36(12-1)15-9-21-45(43)39-26-31-41(32-27-39)55(42-33-28-40(29-34-42)46-22-10-16-37-13-2-5-18-44(37)46)52-25-8-7-20-48(52)49-23-11-24-50-51-35-30-38-14-3-6-19-47(38)53(51)56-54(49)50/h1-35H/i26D,27D,31D,32D. The fourth-order valence-corrected chi connectivity index (χ4v) is 8.29. The van der Waals surface area contributed by atoms with Gasteiger partial charge in [-0.25, -0.2) is 0 Å². The smallest absolute Gasteiger partial charge is 0.143 e. The van der Waals surface area contributed by atoms with E-state index in [1.165, 1.54) is 0 Å². The van der Waals surface area contributed by atoms with Crippen LogP contribution in [0.1, 0.15) is 5.48 Å². The fraction of sp³-hybridized carbons (Fsp3) is 0. The average Bonchev–Trinajstić information content (AvgIpc) is 3.70. The molecule has 0 aliphatic rings. The maximum Gasteiger partial charge on any atom is 0.143 e. The van der Waals surface area contributed by atoms with Gasteiger partial charge in [0.05, 0.1) is 11.2 Å². The number of anilines is 3. The maximum atomic E-state index is 9.73. The van der Waals surface area contributed by atoms with Gasteiger partial charge in [0.25, 0.3) is 0 Å². The molecule has 0 N–H and O–H groups in total. The van der Waals surface area contributed by atoms with Crippen molar-refractivity contribution in [3.8, 4) is 33.4 Å². The molecule has 2 heteroatoms. The Hall–Kier alpha value is -7.42. The Labute approximate surface area is 330 Å². The largest absolute Gasteiger partial charge is 0.455 e. The topological polar surface area (TPSA) is 16.4 Å². The first-order valence-electron chi connectivity index (χ1n) is 20.9. The summed E-state index contributed by atoms with van der Waals surface area (Å²) in [7, 11) is 0. The van der Waals surface area contributed by atoms with Crippen molar-refractivity contribution in [2.75, 3.05) is 4.90 Å². The Morgan fingerprint density at radius 1 is 0.321 bits per heavy atom. The van der Waals surface area contributed by atoms with Gasteiger partial charge in [-0.15, -0.1) is 0 Å². The highest BCUT2D eigenvalue weighted by Crippen LogP contribution is 2.46. The Morgan fingerprint density at radius 3 is 1.54 bits per heavy atom. The van der Waals surface area contributed by atoms with Crippen molar-refractivity contribution in [3.63, 3.8) is 0 Å². The molecule has 0 fully saturated rings. The van der Waals surface area contributed by atoms with Crippen molar-refractivity contribution >= 4 is 71.3 Å². The second-order valence-electron chi connectivity index (χ2n) is 14.1. The summed E-state index contributed by atoms with van der Waals surface area (Å²) in [4.78, 5) is 1.88. The van der Waals surface area contributed by atoms with E-state index in [2.05, 4.69) is 72.8 Å².